The molecular formula is C20H21NO6S. The molecule has 0 aromatic heterocycles. The molecule has 7 nitrogen and oxygen atoms in total. The van der Waals surface area contributed by atoms with Crippen molar-refractivity contribution in [2.75, 3.05) is 6.61 Å². The van der Waals surface area contributed by atoms with Gasteiger partial charge < -0.3 is 30.5 Å². The van der Waals surface area contributed by atoms with E-state index < -0.39 is 12.0 Å². The second-order valence-electron chi connectivity index (χ2n) is 5.92. The lowest BCUT2D eigenvalue weighted by Crippen LogP contribution is -2.42. The van der Waals surface area contributed by atoms with E-state index in [2.05, 4.69) is 5.32 Å². The number of carbonyl (C=O) groups is 1. The van der Waals surface area contributed by atoms with E-state index in [-0.39, 0.29) is 41.0 Å². The molecule has 1 atom stereocenters. The smallest absolute Gasteiger partial charge is 0.328 e. The van der Waals surface area contributed by atoms with Gasteiger partial charge in [0.25, 0.3) is 0 Å². The number of hydrogen-bond donors (Lipinski definition) is 5. The number of carbonyl (C=O) groups excluding carboxylic acids is 1. The first-order valence-electron chi connectivity index (χ1n) is 8.48. The predicted molar refractivity (Wildman–Crippen MR) is 108 cm³/mol. The lowest BCUT2D eigenvalue weighted by molar-refractivity contribution is -0.145. The summed E-state index contributed by atoms with van der Waals surface area (Å²) < 4.78 is 5.06. The highest BCUT2D eigenvalue weighted by molar-refractivity contribution is 7.80. The van der Waals surface area contributed by atoms with Crippen LogP contribution in [0.3, 0.4) is 0 Å². The van der Waals surface area contributed by atoms with Crippen LogP contribution in [-0.2, 0) is 16.0 Å². The van der Waals surface area contributed by atoms with Crippen LogP contribution in [0.15, 0.2) is 42.5 Å². The summed E-state index contributed by atoms with van der Waals surface area (Å²) in [6.45, 7) is 1.89. The van der Waals surface area contributed by atoms with E-state index in [1.165, 1.54) is 24.3 Å². The van der Waals surface area contributed by atoms with Crippen LogP contribution in [0.1, 0.15) is 18.1 Å². The topological polar surface area (TPSA) is 119 Å². The van der Waals surface area contributed by atoms with Crippen molar-refractivity contribution >= 4 is 29.3 Å². The number of hydrogen-bond acceptors (Lipinski definition) is 7. The van der Waals surface area contributed by atoms with E-state index in [4.69, 9.17) is 17.0 Å². The summed E-state index contributed by atoms with van der Waals surface area (Å²) in [6.07, 6.45) is 3.34. The molecule has 0 aliphatic heterocycles. The Morgan fingerprint density at radius 3 is 2.32 bits per heavy atom. The molecule has 0 spiro atoms. The number of nitrogens with one attached hydrogen (secondary N) is 1. The molecule has 28 heavy (non-hydrogen) atoms. The number of ether oxygens (including phenoxy) is 1. The van der Waals surface area contributed by atoms with Crippen LogP contribution < -0.4 is 5.32 Å². The summed E-state index contributed by atoms with van der Waals surface area (Å²) in [5, 5.41) is 40.8. The van der Waals surface area contributed by atoms with Crippen LogP contribution in [0.4, 0.5) is 0 Å². The quantitative estimate of drug-likeness (QED) is 0.207. The number of phenolic OH excluding ortho intramolecular Hbond substituents is 4. The number of esters is 1. The first kappa shape index (κ1) is 21.0. The van der Waals surface area contributed by atoms with Gasteiger partial charge in [-0.3, -0.25) is 0 Å². The van der Waals surface area contributed by atoms with Crippen molar-refractivity contribution in [2.24, 2.45) is 0 Å². The van der Waals surface area contributed by atoms with Crippen molar-refractivity contribution in [3.05, 3.63) is 53.6 Å². The van der Waals surface area contributed by atoms with Crippen LogP contribution in [-0.4, -0.2) is 44.0 Å². The van der Waals surface area contributed by atoms with Gasteiger partial charge in [0, 0.05) is 6.42 Å². The zero-order valence-corrected chi connectivity index (χ0v) is 15.9. The van der Waals surface area contributed by atoms with Gasteiger partial charge >= 0.3 is 5.97 Å². The van der Waals surface area contributed by atoms with Crippen molar-refractivity contribution in [1.82, 2.24) is 5.32 Å². The predicted octanol–water partition coefficient (Wildman–Crippen LogP) is 2.61. The van der Waals surface area contributed by atoms with Gasteiger partial charge in [-0.2, -0.15) is 0 Å². The second-order valence-corrected chi connectivity index (χ2v) is 6.36. The molecule has 0 fully saturated rings. The average molecular weight is 403 g/mol. The second kappa shape index (κ2) is 9.61. The maximum Gasteiger partial charge on any atom is 0.328 e. The molecule has 0 saturated heterocycles. The molecule has 0 aliphatic carbocycles. The van der Waals surface area contributed by atoms with Crippen molar-refractivity contribution in [3.63, 3.8) is 0 Å². The fraction of sp³-hybridized carbons (Fsp3) is 0.200. The number of thiocarbonyl (C=S) groups is 1. The highest BCUT2D eigenvalue weighted by Crippen LogP contribution is 2.26. The molecule has 2 aromatic rings. The third-order valence-corrected chi connectivity index (χ3v) is 4.05. The fourth-order valence-electron chi connectivity index (χ4n) is 2.40. The van der Waals surface area contributed by atoms with Gasteiger partial charge in [-0.05, 0) is 48.4 Å². The van der Waals surface area contributed by atoms with Crippen LogP contribution in [0, 0.1) is 0 Å². The highest BCUT2D eigenvalue weighted by Gasteiger charge is 2.21. The Balaban J connectivity index is 2.11. The Bertz CT molecular complexity index is 896. The van der Waals surface area contributed by atoms with Crippen LogP contribution in [0.2, 0.25) is 0 Å². The number of rotatable bonds is 7. The van der Waals surface area contributed by atoms with E-state index in [0.29, 0.717) is 11.1 Å². The summed E-state index contributed by atoms with van der Waals surface area (Å²) in [7, 11) is 0. The molecule has 1 unspecified atom stereocenters. The zero-order valence-electron chi connectivity index (χ0n) is 15.1. The molecule has 0 radical (unpaired) electrons. The summed E-state index contributed by atoms with van der Waals surface area (Å²) in [6, 6.07) is 7.80. The van der Waals surface area contributed by atoms with Crippen LogP contribution >= 0.6 is 12.2 Å². The van der Waals surface area contributed by atoms with E-state index in [1.54, 1.807) is 31.2 Å². The fourth-order valence-corrected chi connectivity index (χ4v) is 2.61. The third-order valence-electron chi connectivity index (χ3n) is 3.79. The summed E-state index contributed by atoms with van der Waals surface area (Å²) in [4.78, 5) is 12.5. The van der Waals surface area contributed by atoms with E-state index in [1.807, 2.05) is 0 Å². The summed E-state index contributed by atoms with van der Waals surface area (Å²) in [5.74, 6) is -1.52. The molecule has 8 heteroatoms. The van der Waals surface area contributed by atoms with Crippen molar-refractivity contribution in [3.8, 4) is 23.0 Å². The Hall–Kier alpha value is -3.26. The molecule has 2 rings (SSSR count). The minimum Gasteiger partial charge on any atom is -0.504 e. The number of phenols is 4. The molecule has 0 heterocycles. The van der Waals surface area contributed by atoms with Gasteiger partial charge in [-0.15, -0.1) is 0 Å². The van der Waals surface area contributed by atoms with E-state index in [9.17, 15) is 25.2 Å². The van der Waals surface area contributed by atoms with Crippen LogP contribution in [0.5, 0.6) is 23.0 Å². The zero-order chi connectivity index (χ0) is 20.7. The molecule has 0 bridgehead atoms. The van der Waals surface area contributed by atoms with Crippen molar-refractivity contribution in [1.29, 1.82) is 0 Å². The molecular weight excluding hydrogens is 382 g/mol. The maximum atomic E-state index is 12.3. The van der Waals surface area contributed by atoms with Gasteiger partial charge in [-0.25, -0.2) is 4.79 Å². The molecule has 0 amide bonds. The minimum atomic E-state index is -0.797. The van der Waals surface area contributed by atoms with Gasteiger partial charge in [0.05, 0.1) is 11.6 Å². The molecule has 5 N–H and O–H groups in total. The molecule has 0 aliphatic rings. The monoisotopic (exact) mass is 403 g/mol. The number of benzene rings is 2. The van der Waals surface area contributed by atoms with Crippen LogP contribution in [0.25, 0.3) is 6.08 Å². The highest BCUT2D eigenvalue weighted by atomic mass is 32.1. The third kappa shape index (κ3) is 5.88. The maximum absolute atomic E-state index is 12.3. The largest absolute Gasteiger partial charge is 0.504 e. The summed E-state index contributed by atoms with van der Waals surface area (Å²) >= 11 is 5.25. The lowest BCUT2D eigenvalue weighted by Gasteiger charge is -2.18. The molecule has 148 valence electrons. The summed E-state index contributed by atoms with van der Waals surface area (Å²) in [5.41, 5.74) is 1.21. The van der Waals surface area contributed by atoms with Crippen molar-refractivity contribution < 1.29 is 30.0 Å². The van der Waals surface area contributed by atoms with Gasteiger partial charge in [0.1, 0.15) is 6.04 Å². The first-order valence-corrected chi connectivity index (χ1v) is 8.89. The standard InChI is InChI=1S/C20H21NO6S/c1-2-27-20(26)14(9-13-4-7-16(23)18(25)11-13)21-19(28)8-5-12-3-6-15(22)17(24)10-12/h3-8,10-11,14,22-25H,2,9H2,1H3,(H,21,28)/b8-5+. The van der Waals surface area contributed by atoms with Gasteiger partial charge in [0.15, 0.2) is 23.0 Å². The number of aromatic hydroxyl groups is 4. The Kier molecular flexibility index (Phi) is 7.22. The molecule has 0 saturated carbocycles. The van der Waals surface area contributed by atoms with E-state index in [0.717, 1.165) is 0 Å². The lowest BCUT2D eigenvalue weighted by atomic mass is 10.1. The van der Waals surface area contributed by atoms with E-state index >= 15 is 0 Å². The van der Waals surface area contributed by atoms with Gasteiger partial charge in [-0.1, -0.05) is 30.4 Å². The average Bonchev–Trinajstić information content (AvgIpc) is 2.65. The van der Waals surface area contributed by atoms with Crippen molar-refractivity contribution in [2.45, 2.75) is 19.4 Å². The molecule has 2 aromatic carbocycles. The Morgan fingerprint density at radius 1 is 1.07 bits per heavy atom. The minimum absolute atomic E-state index is 0.181. The Labute approximate surface area is 167 Å². The SMILES string of the molecule is CCOC(=O)C(Cc1ccc(O)c(O)c1)NC(=S)/C=C/c1ccc(O)c(O)c1. The van der Waals surface area contributed by atoms with Gasteiger partial charge in [0.2, 0.25) is 0 Å². The first-order chi connectivity index (χ1) is 13.3. The Morgan fingerprint density at radius 2 is 1.71 bits per heavy atom. The normalized spacial score (nSPS) is 11.9.